The van der Waals surface area contributed by atoms with E-state index in [0.29, 0.717) is 48.4 Å². The van der Waals surface area contributed by atoms with Gasteiger partial charge in [-0.15, -0.1) is 10.2 Å². The Balaban J connectivity index is 0.832. The Morgan fingerprint density at radius 1 is 0.881 bits per heavy atom. The number of anilines is 2. The lowest BCUT2D eigenvalue weighted by molar-refractivity contribution is -0.134. The molecule has 4 heterocycles. The third-order valence-corrected chi connectivity index (χ3v) is 11.8. The van der Waals surface area contributed by atoms with Crippen molar-refractivity contribution < 1.29 is 38.2 Å². The van der Waals surface area contributed by atoms with Gasteiger partial charge in [0.15, 0.2) is 11.5 Å². The molecule has 7 rings (SSSR count). The Bertz CT molecular complexity index is 2130. The zero-order valence-corrected chi connectivity index (χ0v) is 33.0. The molecule has 4 fully saturated rings. The van der Waals surface area contributed by atoms with E-state index in [-0.39, 0.29) is 47.8 Å². The molecule has 2 aromatic carbocycles. The first kappa shape index (κ1) is 41.3. The topological polar surface area (TPSA) is 210 Å². The predicted octanol–water partition coefficient (Wildman–Crippen LogP) is 3.53. The van der Waals surface area contributed by atoms with Gasteiger partial charge in [0.2, 0.25) is 11.8 Å². The third kappa shape index (κ3) is 10.1. The lowest BCUT2D eigenvalue weighted by Crippen LogP contribution is -2.52. The standard InChI is InChI=1S/C41H45ClFN9O7/c42-31-19-28(4-1-25(31)22-44)59-27-5-2-26(3-6-27)45-40(56)34-7-9-36(49-48-34)52-13-11-24(12-14-52)23-50-15-17-51(18-16-50)35-21-30(41(57)58)29(20-32(35)43)38(54)46-33-8-10-37(53)47-39(33)55/h1,4,7,9,19-21,24,26-27,33H,2-3,5-6,8,10-18,23H2,(H,45,56)(H,46,54)(H,57,58)(H,47,53,55). The Kier molecular flexibility index (Phi) is 12.9. The van der Waals surface area contributed by atoms with Crippen molar-refractivity contribution in [2.75, 3.05) is 55.6 Å². The molecular formula is C41H45ClFN9O7. The number of carboxylic acids is 1. The average molecular weight is 830 g/mol. The van der Waals surface area contributed by atoms with Crippen molar-refractivity contribution in [3.63, 3.8) is 0 Å². The van der Waals surface area contributed by atoms with Gasteiger partial charge in [0.1, 0.15) is 23.7 Å². The summed E-state index contributed by atoms with van der Waals surface area (Å²) >= 11 is 6.13. The molecule has 4 amide bonds. The summed E-state index contributed by atoms with van der Waals surface area (Å²) in [4.78, 5) is 67.9. The summed E-state index contributed by atoms with van der Waals surface area (Å²) in [5.74, 6) is -2.68. The zero-order valence-electron chi connectivity index (χ0n) is 32.3. The molecule has 3 aromatic rings. The van der Waals surface area contributed by atoms with Gasteiger partial charge in [0.05, 0.1) is 33.5 Å². The van der Waals surface area contributed by atoms with E-state index >= 15 is 4.39 Å². The van der Waals surface area contributed by atoms with E-state index in [4.69, 9.17) is 21.6 Å². The summed E-state index contributed by atoms with van der Waals surface area (Å²) in [6.45, 7) is 4.69. The van der Waals surface area contributed by atoms with Crippen molar-refractivity contribution in [3.05, 3.63) is 75.7 Å². The highest BCUT2D eigenvalue weighted by atomic mass is 35.5. The molecular weight excluding hydrogens is 785 g/mol. The second-order valence-electron chi connectivity index (χ2n) is 15.4. The molecule has 1 atom stereocenters. The van der Waals surface area contributed by atoms with Crippen LogP contribution in [-0.2, 0) is 9.59 Å². The van der Waals surface area contributed by atoms with Crippen LogP contribution in [0.2, 0.25) is 5.02 Å². The number of carboxylic acid groups (broad SMARTS) is 1. The van der Waals surface area contributed by atoms with Gasteiger partial charge in [0, 0.05) is 64.3 Å². The van der Waals surface area contributed by atoms with Crippen LogP contribution in [0.25, 0.3) is 0 Å². The Hall–Kier alpha value is -5.86. The summed E-state index contributed by atoms with van der Waals surface area (Å²) < 4.78 is 21.5. The van der Waals surface area contributed by atoms with Crippen LogP contribution in [0.15, 0.2) is 42.5 Å². The molecule has 4 aliphatic rings. The van der Waals surface area contributed by atoms with E-state index in [1.54, 1.807) is 29.2 Å². The van der Waals surface area contributed by atoms with Gasteiger partial charge < -0.3 is 30.3 Å². The molecule has 1 saturated carbocycles. The lowest BCUT2D eigenvalue weighted by Gasteiger charge is -2.40. The number of carbonyl (C=O) groups is 5. The van der Waals surface area contributed by atoms with Crippen LogP contribution in [0.3, 0.4) is 0 Å². The van der Waals surface area contributed by atoms with Gasteiger partial charge in [0.25, 0.3) is 11.8 Å². The monoisotopic (exact) mass is 829 g/mol. The van der Waals surface area contributed by atoms with E-state index in [1.807, 2.05) is 12.1 Å². The van der Waals surface area contributed by atoms with Crippen LogP contribution in [0.4, 0.5) is 15.9 Å². The van der Waals surface area contributed by atoms with Gasteiger partial charge in [-0.25, -0.2) is 9.18 Å². The fourth-order valence-corrected chi connectivity index (χ4v) is 8.38. The van der Waals surface area contributed by atoms with Crippen molar-refractivity contribution in [2.24, 2.45) is 5.92 Å². The van der Waals surface area contributed by atoms with Crippen LogP contribution in [0.5, 0.6) is 5.75 Å². The fraction of sp³-hybridized carbons (Fsp3) is 0.463. The molecule has 1 unspecified atom stereocenters. The Labute approximate surface area is 345 Å². The minimum Gasteiger partial charge on any atom is -0.490 e. The summed E-state index contributed by atoms with van der Waals surface area (Å²) in [6.07, 6.45) is 5.01. The molecule has 0 spiro atoms. The number of benzene rings is 2. The number of imide groups is 1. The molecule has 18 heteroatoms. The highest BCUT2D eigenvalue weighted by Gasteiger charge is 2.32. The Morgan fingerprint density at radius 3 is 2.27 bits per heavy atom. The quantitative estimate of drug-likeness (QED) is 0.204. The predicted molar refractivity (Wildman–Crippen MR) is 213 cm³/mol. The third-order valence-electron chi connectivity index (χ3n) is 11.5. The molecule has 3 aliphatic heterocycles. The maximum atomic E-state index is 15.4. The number of aromatic nitrogens is 2. The minimum absolute atomic E-state index is 0.00232. The van der Waals surface area contributed by atoms with E-state index in [0.717, 1.165) is 70.0 Å². The van der Waals surface area contributed by atoms with Crippen molar-refractivity contribution in [1.82, 2.24) is 31.0 Å². The fourth-order valence-electron chi connectivity index (χ4n) is 8.17. The molecule has 1 aromatic heterocycles. The smallest absolute Gasteiger partial charge is 0.336 e. The number of piperidine rings is 2. The normalized spacial score (nSPS) is 21.6. The number of nitriles is 1. The van der Waals surface area contributed by atoms with E-state index in [9.17, 15) is 29.1 Å². The second-order valence-corrected chi connectivity index (χ2v) is 15.9. The first-order valence-electron chi connectivity index (χ1n) is 19.9. The number of ether oxygens (including phenoxy) is 1. The summed E-state index contributed by atoms with van der Waals surface area (Å²) in [6, 6.07) is 11.7. The van der Waals surface area contributed by atoms with Crippen molar-refractivity contribution in [3.8, 4) is 11.8 Å². The number of hydrogen-bond donors (Lipinski definition) is 4. The maximum Gasteiger partial charge on any atom is 0.336 e. The van der Waals surface area contributed by atoms with E-state index in [2.05, 4.69) is 35.9 Å². The van der Waals surface area contributed by atoms with Crippen LogP contribution in [0, 0.1) is 23.1 Å². The SMILES string of the molecule is N#Cc1ccc(OC2CCC(NC(=O)c3ccc(N4CCC(CN5CCN(c6cc(C(=O)O)c(C(=O)NC7CCC(=O)NC7=O)cc6F)CC5)CC4)nn3)CC2)cc1Cl. The van der Waals surface area contributed by atoms with Crippen molar-refractivity contribution in [2.45, 2.75) is 69.6 Å². The molecule has 16 nitrogen and oxygen atoms in total. The number of carbonyl (C=O) groups excluding carboxylic acids is 4. The van der Waals surface area contributed by atoms with Gasteiger partial charge >= 0.3 is 5.97 Å². The van der Waals surface area contributed by atoms with Gasteiger partial charge in [-0.1, -0.05) is 11.6 Å². The largest absolute Gasteiger partial charge is 0.490 e. The van der Waals surface area contributed by atoms with Gasteiger partial charge in [-0.2, -0.15) is 5.26 Å². The number of nitrogens with one attached hydrogen (secondary N) is 3. The number of halogens is 2. The average Bonchev–Trinajstić information content (AvgIpc) is 3.23. The summed E-state index contributed by atoms with van der Waals surface area (Å²) in [5.41, 5.74) is -0.0153. The van der Waals surface area contributed by atoms with Crippen LogP contribution >= 0.6 is 11.6 Å². The number of amides is 4. The van der Waals surface area contributed by atoms with Crippen LogP contribution in [0.1, 0.15) is 88.1 Å². The molecule has 0 bridgehead atoms. The molecule has 0 radical (unpaired) electrons. The number of hydrogen-bond acceptors (Lipinski definition) is 12. The first-order valence-corrected chi connectivity index (χ1v) is 20.3. The molecule has 310 valence electrons. The first-order chi connectivity index (χ1) is 28.4. The van der Waals surface area contributed by atoms with Crippen molar-refractivity contribution >= 4 is 52.7 Å². The number of aromatic carboxylic acids is 1. The summed E-state index contributed by atoms with van der Waals surface area (Å²) in [5, 5.41) is 35.6. The highest BCUT2D eigenvalue weighted by molar-refractivity contribution is 6.31. The molecule has 1 aliphatic carbocycles. The van der Waals surface area contributed by atoms with E-state index < -0.39 is 41.1 Å². The van der Waals surface area contributed by atoms with Crippen LogP contribution < -0.4 is 30.5 Å². The molecule has 4 N–H and O–H groups in total. The number of nitrogens with zero attached hydrogens (tertiary/aromatic N) is 6. The van der Waals surface area contributed by atoms with Gasteiger partial charge in [-0.3, -0.25) is 29.4 Å². The highest BCUT2D eigenvalue weighted by Crippen LogP contribution is 2.29. The van der Waals surface area contributed by atoms with E-state index in [1.165, 1.54) is 6.07 Å². The molecule has 59 heavy (non-hydrogen) atoms. The minimum atomic E-state index is -1.40. The number of piperazine rings is 1. The van der Waals surface area contributed by atoms with Gasteiger partial charge in [-0.05, 0) is 87.3 Å². The van der Waals surface area contributed by atoms with Crippen molar-refractivity contribution in [1.29, 1.82) is 5.26 Å². The summed E-state index contributed by atoms with van der Waals surface area (Å²) in [7, 11) is 0. The van der Waals surface area contributed by atoms with Crippen LogP contribution in [-0.4, -0.2) is 114 Å². The molecule has 3 saturated heterocycles. The zero-order chi connectivity index (χ0) is 41.6. The maximum absolute atomic E-state index is 15.4. The number of rotatable bonds is 11. The second kappa shape index (κ2) is 18.4. The lowest BCUT2D eigenvalue weighted by atomic mass is 9.93. The Morgan fingerprint density at radius 2 is 1.63 bits per heavy atom.